The molecule has 96 heavy (non-hydrogen) atoms. The number of phenolic OH excluding ortho intramolecular Hbond substituents is 1. The van der Waals surface area contributed by atoms with E-state index in [2.05, 4.69) is 45.0 Å². The molecule has 3 aliphatic heterocycles. The fraction of sp³-hybridized carbons (Fsp3) is 0.514. The van der Waals surface area contributed by atoms with E-state index in [1.807, 2.05) is 20.8 Å². The molecule has 24 nitrogen and oxygen atoms in total. The molecule has 10 N–H and O–H groups in total. The maximum Gasteiger partial charge on any atom is 0.405 e. The maximum atomic E-state index is 13.5. The Morgan fingerprint density at radius 3 is 1.62 bits per heavy atom. The zero-order chi connectivity index (χ0) is 69.3. The number of nitrogens with two attached hydrogens (primary N) is 2. The number of aliphatic hydroxyl groups is 2. The Hall–Kier alpha value is -7.49. The molecule has 3 heterocycles. The molecule has 1 aromatic rings. The summed E-state index contributed by atoms with van der Waals surface area (Å²) in [6.07, 6.45) is 9.84. The van der Waals surface area contributed by atoms with Gasteiger partial charge in [0.2, 0.25) is 16.8 Å². The van der Waals surface area contributed by atoms with Gasteiger partial charge in [0.1, 0.15) is 23.7 Å². The lowest BCUT2D eigenvalue weighted by Crippen LogP contribution is -2.40. The van der Waals surface area contributed by atoms with Crippen molar-refractivity contribution in [3.05, 3.63) is 131 Å². The first-order chi connectivity index (χ1) is 43.4. The predicted octanol–water partition coefficient (Wildman–Crippen LogP) is 9.99. The van der Waals surface area contributed by atoms with E-state index in [1.165, 1.54) is 45.5 Å². The zero-order valence-electron chi connectivity index (χ0n) is 54.3. The number of rotatable bonds is 12. The molecule has 0 unspecified atom stereocenters. The van der Waals surface area contributed by atoms with Crippen LogP contribution in [0, 0.1) is 23.7 Å². The molecule has 538 valence electrons. The smallest absolute Gasteiger partial charge is 0.405 e. The monoisotopic (exact) mass is 1430 g/mol. The Labute approximate surface area is 581 Å². The number of phenols is 1. The number of carbonyl (C=O) groups is 8. The molecule has 0 saturated carbocycles. The van der Waals surface area contributed by atoms with E-state index in [0.717, 1.165) is 6.08 Å². The summed E-state index contributed by atoms with van der Waals surface area (Å²) in [7, 11) is 5.87. The van der Waals surface area contributed by atoms with Crippen molar-refractivity contribution in [1.29, 1.82) is 0 Å². The molecule has 1 aliphatic carbocycles. The lowest BCUT2D eigenvalue weighted by atomic mass is 9.85. The van der Waals surface area contributed by atoms with Gasteiger partial charge in [-0.2, -0.15) is 0 Å². The van der Waals surface area contributed by atoms with E-state index in [1.54, 1.807) is 89.3 Å². The van der Waals surface area contributed by atoms with Crippen LogP contribution in [0.5, 0.6) is 11.5 Å². The highest BCUT2D eigenvalue weighted by Gasteiger charge is 2.37. The van der Waals surface area contributed by atoms with Gasteiger partial charge in [0.15, 0.2) is 18.8 Å². The number of allylic oxidation sites excluding steroid dienone is 6. The summed E-state index contributed by atoms with van der Waals surface area (Å²) in [6, 6.07) is 1.50. The lowest BCUT2D eigenvalue weighted by molar-refractivity contribution is -0.121. The number of ether oxygens (including phenoxy) is 7. The second-order valence-corrected chi connectivity index (χ2v) is 23.6. The second kappa shape index (κ2) is 44.4. The van der Waals surface area contributed by atoms with Crippen molar-refractivity contribution < 1.29 is 86.8 Å². The molecule has 0 spiro atoms. The van der Waals surface area contributed by atoms with E-state index >= 15 is 0 Å². The van der Waals surface area contributed by atoms with Crippen molar-refractivity contribution >= 4 is 85.6 Å². The summed E-state index contributed by atoms with van der Waals surface area (Å²) in [5, 5.41) is 42.3. The number of primary amides is 2. The van der Waals surface area contributed by atoms with E-state index in [9.17, 15) is 53.7 Å². The number of nitrogens with zero attached hydrogens (tertiary/aromatic N) is 1. The van der Waals surface area contributed by atoms with Gasteiger partial charge in [0.25, 0.3) is 17.7 Å². The minimum Gasteiger partial charge on any atom is -0.505 e. The number of halogens is 2. The van der Waals surface area contributed by atoms with Crippen LogP contribution >= 0.6 is 27.5 Å². The highest BCUT2D eigenvalue weighted by Crippen LogP contribution is 2.46. The molecule has 0 aromatic heterocycles. The van der Waals surface area contributed by atoms with Crippen LogP contribution in [0.4, 0.5) is 21.0 Å². The number of Topliss-reactive ketones (excluding diaryl/α,β-unsaturated/α-hetero) is 1. The third-order valence-corrected chi connectivity index (χ3v) is 16.3. The molecule has 4 aliphatic rings. The number of benzene rings is 1. The first-order valence-electron chi connectivity index (χ1n) is 29.6. The normalized spacial score (nSPS) is 28.1. The number of methoxy groups -OCH3 is 4. The quantitative estimate of drug-likeness (QED) is 0.0317. The molecule has 0 saturated heterocycles. The number of nitrogens with one attached hydrogen (secondary N) is 3. The SMILES string of the molecule is C.C.C.C.C=CCN1C(=O)COc2cc3c(O)c(c21)C[C@@H](C)C[C@H](OC)[C@H](O)[C@@H](C)/C=C(\C)[C@H](OC(N)=O)[C@@H](OC)/C=C\C=C(/C)C(=O)N3.C=CCNC1=C2C[C@@H](C)C[C@H](OC)[C@H](O)[C@@H](C)/C=C(\C)[C@H](OC(N)=O)[C@@H](OC)/C=C\C=C(/C)C(=O)NC(=CC1=O)C2=O.O=C(Cl)CBr. The minimum absolute atomic E-state index is 0. The average molecular weight is 1430 g/mol. The van der Waals surface area contributed by atoms with Crippen molar-refractivity contribution in [2.24, 2.45) is 35.1 Å². The topological polar surface area (TPSA) is 353 Å². The standard InChI is InChI=1S/C33H45N3O9.C31H43N3O8.C2H2BrClO.4CH4/c1-8-12-36-27(37)17-44-25-16-23-30(39)22(28(25)36)13-18(2)14-26(43-7)29(38)20(4)15-21(5)31(45-33(34)41)24(42-6)11-9-10-19(3)32(40)35-23;1-8-12-33-26-21-13-17(2)14-25(41-7)27(36)19(4)15-20(5)29(42-31(32)39)24(40-6)11-9-10-18(3)30(38)34-22(28(21)37)16-23(26)35;3-1-2(4)5;;;;/h8-11,15-16,18,20,24,26,29,31,38-39H,1,12-14,17H2,2-7H3,(H2,34,41)(H,35,40);8-11,15-17,19,24-25,27,29,33,36H,1,12-14H2,2-7H3,(H2,32,39)(H,34,38);1H2;4*1H4/b11-9-,19-10+,21-15+;11-9-,18-10+,20-15+;;;;;/t18-,20+,24+,26+,29-,31+;17-,19+,24+,25+,27-,29+;;;;;/m11...../s1. The Bertz CT molecular complexity index is 3120. The van der Waals surface area contributed by atoms with Gasteiger partial charge < -0.3 is 80.8 Å². The van der Waals surface area contributed by atoms with E-state index < -0.39 is 96.2 Å². The van der Waals surface area contributed by atoms with Crippen LogP contribution in [0.2, 0.25) is 0 Å². The summed E-state index contributed by atoms with van der Waals surface area (Å²) in [5.74, 6) is -3.41. The first-order valence-corrected chi connectivity index (χ1v) is 31.1. The van der Waals surface area contributed by atoms with Crippen LogP contribution < -0.4 is 37.1 Å². The van der Waals surface area contributed by atoms with Gasteiger partial charge in [-0.25, -0.2) is 9.59 Å². The number of fused-ring (bicyclic) bond motifs is 6. The van der Waals surface area contributed by atoms with E-state index in [4.69, 9.17) is 56.2 Å². The van der Waals surface area contributed by atoms with E-state index in [0.29, 0.717) is 46.6 Å². The largest absolute Gasteiger partial charge is 0.505 e. The van der Waals surface area contributed by atoms with Gasteiger partial charge in [-0.1, -0.05) is 134 Å². The van der Waals surface area contributed by atoms with Crippen LogP contribution in [0.15, 0.2) is 125 Å². The third-order valence-electron chi connectivity index (χ3n) is 15.3. The number of alkyl halides is 1. The molecule has 0 fully saturated rings. The van der Waals surface area contributed by atoms with Crippen LogP contribution in [0.3, 0.4) is 0 Å². The average Bonchev–Trinajstić information content (AvgIpc) is 0.787. The van der Waals surface area contributed by atoms with Crippen LogP contribution in [-0.2, 0) is 63.6 Å². The zero-order valence-corrected chi connectivity index (χ0v) is 56.6. The van der Waals surface area contributed by atoms with Crippen molar-refractivity contribution in [2.75, 3.05) is 63.7 Å². The van der Waals surface area contributed by atoms with Gasteiger partial charge in [-0.15, -0.1) is 13.2 Å². The summed E-state index contributed by atoms with van der Waals surface area (Å²) in [4.78, 5) is 100. The Kier molecular flexibility index (Phi) is 41.8. The van der Waals surface area contributed by atoms with Crippen molar-refractivity contribution in [1.82, 2.24) is 10.6 Å². The Balaban J connectivity index is 0. The fourth-order valence-corrected chi connectivity index (χ4v) is 10.6. The molecule has 5 amide bonds. The number of hydrogen-bond acceptors (Lipinski definition) is 19. The number of carbonyl (C=O) groups excluding carboxylic acids is 8. The molecule has 26 heteroatoms. The van der Waals surface area contributed by atoms with Crippen LogP contribution in [-0.4, -0.2) is 164 Å². The first kappa shape index (κ1) is 90.6. The van der Waals surface area contributed by atoms with Gasteiger partial charge in [0.05, 0.1) is 52.5 Å². The molecule has 0 radical (unpaired) electrons. The molecular weight excluding hydrogens is 1330 g/mol. The summed E-state index contributed by atoms with van der Waals surface area (Å²) in [5.41, 5.74) is 13.6. The predicted molar refractivity (Wildman–Crippen MR) is 379 cm³/mol. The van der Waals surface area contributed by atoms with Crippen molar-refractivity contribution in [3.63, 3.8) is 0 Å². The number of anilines is 2. The van der Waals surface area contributed by atoms with Crippen molar-refractivity contribution in [3.8, 4) is 11.5 Å². The van der Waals surface area contributed by atoms with Crippen LogP contribution in [0.25, 0.3) is 0 Å². The molecule has 4 bridgehead atoms. The van der Waals surface area contributed by atoms with Gasteiger partial charge in [-0.05, 0) is 88.0 Å². The third kappa shape index (κ3) is 26.5. The maximum absolute atomic E-state index is 13.5. The number of aromatic hydroxyl groups is 1. The summed E-state index contributed by atoms with van der Waals surface area (Å²) in [6.45, 7) is 21.7. The van der Waals surface area contributed by atoms with E-state index in [-0.39, 0.29) is 125 Å². The molecule has 5 rings (SSSR count). The number of hydrogen-bond donors (Lipinski definition) is 8. The number of amides is 5. The fourth-order valence-electron chi connectivity index (χ4n) is 10.6. The van der Waals surface area contributed by atoms with Crippen LogP contribution in [0.1, 0.15) is 110 Å². The lowest BCUT2D eigenvalue weighted by Gasteiger charge is -2.33. The van der Waals surface area contributed by atoms with Gasteiger partial charge in [-0.3, -0.25) is 28.8 Å². The molecule has 1 aromatic carbocycles. The second-order valence-electron chi connectivity index (χ2n) is 22.6. The number of ketones is 2. The Morgan fingerprint density at radius 1 is 0.750 bits per heavy atom. The van der Waals surface area contributed by atoms with Gasteiger partial charge in [0, 0.05) is 87.8 Å². The highest BCUT2D eigenvalue weighted by atomic mass is 79.9. The summed E-state index contributed by atoms with van der Waals surface area (Å²) < 4.78 is 39.0. The minimum atomic E-state index is -1.00. The molecular formula is C70H106BrClN6O18. The molecule has 12 atom stereocenters. The Morgan fingerprint density at radius 2 is 1.21 bits per heavy atom. The summed E-state index contributed by atoms with van der Waals surface area (Å²) >= 11 is 7.61. The highest BCUT2D eigenvalue weighted by molar-refractivity contribution is 9.09. The van der Waals surface area contributed by atoms with Gasteiger partial charge >= 0.3 is 12.2 Å². The van der Waals surface area contributed by atoms with Crippen molar-refractivity contribution in [2.45, 2.75) is 160 Å². The number of aliphatic hydroxyl groups excluding tert-OH is 2.